The number of pyridine rings is 1. The van der Waals surface area contributed by atoms with Gasteiger partial charge in [0.15, 0.2) is 0 Å². The molecule has 19 heavy (non-hydrogen) atoms. The summed E-state index contributed by atoms with van der Waals surface area (Å²) in [5.74, 6) is -0.293. The van der Waals surface area contributed by atoms with Crippen LogP contribution in [0.3, 0.4) is 0 Å². The average Bonchev–Trinajstić information content (AvgIpc) is 2.39. The number of halogens is 2. The van der Waals surface area contributed by atoms with Crippen molar-refractivity contribution in [3.05, 3.63) is 64.2 Å². The van der Waals surface area contributed by atoms with Crippen molar-refractivity contribution in [3.8, 4) is 0 Å². The van der Waals surface area contributed by atoms with Crippen LogP contribution >= 0.6 is 11.6 Å². The van der Waals surface area contributed by atoms with Crippen molar-refractivity contribution in [3.63, 3.8) is 0 Å². The Morgan fingerprint density at radius 1 is 1.32 bits per heavy atom. The van der Waals surface area contributed by atoms with E-state index in [4.69, 9.17) is 11.6 Å². The van der Waals surface area contributed by atoms with Gasteiger partial charge in [-0.15, -0.1) is 0 Å². The summed E-state index contributed by atoms with van der Waals surface area (Å²) in [5, 5.41) is 3.54. The Hall–Kier alpha value is -1.45. The molecule has 2 rings (SSSR count). The first-order valence-corrected chi connectivity index (χ1v) is 6.52. The lowest BCUT2D eigenvalue weighted by Crippen LogP contribution is -2.21. The lowest BCUT2D eigenvalue weighted by Gasteiger charge is -2.18. The Balaban J connectivity index is 2.27. The molecule has 1 aromatic heterocycles. The molecule has 1 heterocycles. The molecule has 1 aromatic carbocycles. The van der Waals surface area contributed by atoms with Gasteiger partial charge in [0.1, 0.15) is 5.82 Å². The maximum Gasteiger partial charge on any atom is 0.129 e. The average molecular weight is 279 g/mol. The number of nitrogens with one attached hydrogen (secondary N) is 1. The van der Waals surface area contributed by atoms with Crippen LogP contribution in [0.4, 0.5) is 4.39 Å². The summed E-state index contributed by atoms with van der Waals surface area (Å²) in [6.07, 6.45) is 2.41. The van der Waals surface area contributed by atoms with Gasteiger partial charge in [-0.1, -0.05) is 23.7 Å². The standard InChI is InChI=1S/C15H16ClFN2/c1-10-6-7-11(19-9-10)8-14(18-2)15-12(16)4-3-5-13(15)17/h3-7,9,14,18H,8H2,1-2H3. The Kier molecular flexibility index (Phi) is 4.51. The first-order valence-electron chi connectivity index (χ1n) is 6.14. The number of hydrogen-bond acceptors (Lipinski definition) is 2. The molecule has 0 radical (unpaired) electrons. The quantitative estimate of drug-likeness (QED) is 0.923. The molecule has 0 saturated carbocycles. The molecule has 0 bridgehead atoms. The minimum atomic E-state index is -0.293. The van der Waals surface area contributed by atoms with Crippen LogP contribution in [0.15, 0.2) is 36.5 Å². The van der Waals surface area contributed by atoms with E-state index in [9.17, 15) is 4.39 Å². The molecule has 0 aliphatic rings. The van der Waals surface area contributed by atoms with Gasteiger partial charge in [-0.3, -0.25) is 4.98 Å². The van der Waals surface area contributed by atoms with Crippen LogP contribution in [0.25, 0.3) is 0 Å². The number of benzene rings is 1. The molecule has 1 N–H and O–H groups in total. The van der Waals surface area contributed by atoms with Gasteiger partial charge in [0.05, 0.1) is 0 Å². The number of rotatable bonds is 4. The zero-order chi connectivity index (χ0) is 13.8. The predicted octanol–water partition coefficient (Wildman–Crippen LogP) is 3.69. The van der Waals surface area contributed by atoms with Crippen molar-refractivity contribution in [2.75, 3.05) is 7.05 Å². The Morgan fingerprint density at radius 3 is 2.68 bits per heavy atom. The zero-order valence-electron chi connectivity index (χ0n) is 11.0. The fourth-order valence-corrected chi connectivity index (χ4v) is 2.32. The summed E-state index contributed by atoms with van der Waals surface area (Å²) >= 11 is 6.09. The van der Waals surface area contributed by atoms with Crippen molar-refractivity contribution in [2.45, 2.75) is 19.4 Å². The molecular formula is C15H16ClFN2. The van der Waals surface area contributed by atoms with Gasteiger partial charge >= 0.3 is 0 Å². The smallest absolute Gasteiger partial charge is 0.129 e. The maximum atomic E-state index is 13.9. The first-order chi connectivity index (χ1) is 9.11. The highest BCUT2D eigenvalue weighted by molar-refractivity contribution is 6.31. The number of aromatic nitrogens is 1. The highest BCUT2D eigenvalue weighted by Gasteiger charge is 2.18. The monoisotopic (exact) mass is 278 g/mol. The van der Waals surface area contributed by atoms with Gasteiger partial charge in [-0.2, -0.15) is 0 Å². The van der Waals surface area contributed by atoms with Crippen LogP contribution in [0, 0.1) is 12.7 Å². The van der Waals surface area contributed by atoms with Crippen molar-refractivity contribution in [2.24, 2.45) is 0 Å². The van der Waals surface area contributed by atoms with E-state index in [1.165, 1.54) is 6.07 Å². The van der Waals surface area contributed by atoms with Crippen LogP contribution in [-0.2, 0) is 6.42 Å². The van der Waals surface area contributed by atoms with Crippen LogP contribution in [0.2, 0.25) is 5.02 Å². The summed E-state index contributed by atoms with van der Waals surface area (Å²) in [7, 11) is 1.79. The summed E-state index contributed by atoms with van der Waals surface area (Å²) in [4.78, 5) is 4.35. The zero-order valence-corrected chi connectivity index (χ0v) is 11.7. The van der Waals surface area contributed by atoms with Crippen molar-refractivity contribution in [1.82, 2.24) is 10.3 Å². The highest BCUT2D eigenvalue weighted by atomic mass is 35.5. The fourth-order valence-electron chi connectivity index (χ4n) is 2.02. The molecule has 0 aliphatic carbocycles. The van der Waals surface area contributed by atoms with Crippen LogP contribution in [-0.4, -0.2) is 12.0 Å². The topological polar surface area (TPSA) is 24.9 Å². The number of nitrogens with zero attached hydrogens (tertiary/aromatic N) is 1. The molecule has 0 amide bonds. The molecule has 1 unspecified atom stereocenters. The summed E-state index contributed by atoms with van der Waals surface area (Å²) in [5.41, 5.74) is 2.51. The lowest BCUT2D eigenvalue weighted by atomic mass is 10.0. The Morgan fingerprint density at radius 2 is 2.11 bits per heavy atom. The van der Waals surface area contributed by atoms with Gasteiger partial charge in [-0.25, -0.2) is 4.39 Å². The molecule has 0 fully saturated rings. The largest absolute Gasteiger partial charge is 0.313 e. The molecule has 4 heteroatoms. The number of likely N-dealkylation sites (N-methyl/N-ethyl adjacent to an activating group) is 1. The normalized spacial score (nSPS) is 12.4. The van der Waals surface area contributed by atoms with Crippen molar-refractivity contribution in [1.29, 1.82) is 0 Å². The van der Waals surface area contributed by atoms with Gasteiger partial charge in [0.2, 0.25) is 0 Å². The third-order valence-corrected chi connectivity index (χ3v) is 3.41. The molecule has 100 valence electrons. The second kappa shape index (κ2) is 6.13. The van der Waals surface area contributed by atoms with Gasteiger partial charge in [0.25, 0.3) is 0 Å². The van der Waals surface area contributed by atoms with Gasteiger partial charge < -0.3 is 5.32 Å². The number of aryl methyl sites for hydroxylation is 1. The second-order valence-corrected chi connectivity index (χ2v) is 4.91. The molecule has 2 aromatic rings. The van der Waals surface area contributed by atoms with Crippen LogP contribution < -0.4 is 5.32 Å². The van der Waals surface area contributed by atoms with E-state index in [2.05, 4.69) is 10.3 Å². The summed E-state index contributed by atoms with van der Waals surface area (Å²) in [6.45, 7) is 1.99. The fraction of sp³-hybridized carbons (Fsp3) is 0.267. The summed E-state index contributed by atoms with van der Waals surface area (Å²) in [6, 6.07) is 8.50. The minimum absolute atomic E-state index is 0.191. The van der Waals surface area contributed by atoms with E-state index in [0.717, 1.165) is 11.3 Å². The molecule has 2 nitrogen and oxygen atoms in total. The van der Waals surface area contributed by atoms with Crippen molar-refractivity contribution >= 4 is 11.6 Å². The molecular weight excluding hydrogens is 263 g/mol. The molecule has 1 atom stereocenters. The van der Waals surface area contributed by atoms with Crippen molar-refractivity contribution < 1.29 is 4.39 Å². The SMILES string of the molecule is CNC(Cc1ccc(C)cn1)c1c(F)cccc1Cl. The van der Waals surface area contributed by atoms with Gasteiger partial charge in [0, 0.05) is 34.9 Å². The van der Waals surface area contributed by atoms with E-state index in [0.29, 0.717) is 17.0 Å². The highest BCUT2D eigenvalue weighted by Crippen LogP contribution is 2.27. The predicted molar refractivity (Wildman–Crippen MR) is 75.9 cm³/mol. The van der Waals surface area contributed by atoms with E-state index in [-0.39, 0.29) is 11.9 Å². The molecule has 0 saturated heterocycles. The molecule has 0 aliphatic heterocycles. The number of hydrogen-bond donors (Lipinski definition) is 1. The Labute approximate surface area is 117 Å². The first kappa shape index (κ1) is 14.0. The third kappa shape index (κ3) is 3.31. The Bertz CT molecular complexity index is 534. The van der Waals surface area contributed by atoms with Gasteiger partial charge in [-0.05, 0) is 37.7 Å². The third-order valence-electron chi connectivity index (χ3n) is 3.08. The molecule has 0 spiro atoms. The van der Waals surface area contributed by atoms with E-state index >= 15 is 0 Å². The van der Waals surface area contributed by atoms with Crippen LogP contribution in [0.1, 0.15) is 22.9 Å². The lowest BCUT2D eigenvalue weighted by molar-refractivity contribution is 0.530. The second-order valence-electron chi connectivity index (χ2n) is 4.51. The van der Waals surface area contributed by atoms with E-state index < -0.39 is 0 Å². The summed E-state index contributed by atoms with van der Waals surface area (Å²) < 4.78 is 13.9. The van der Waals surface area contributed by atoms with E-state index in [1.807, 2.05) is 25.3 Å². The van der Waals surface area contributed by atoms with Crippen LogP contribution in [0.5, 0.6) is 0 Å². The van der Waals surface area contributed by atoms with E-state index in [1.54, 1.807) is 19.2 Å². The minimum Gasteiger partial charge on any atom is -0.313 e. The maximum absolute atomic E-state index is 13.9.